The van der Waals surface area contributed by atoms with Crippen LogP contribution >= 0.6 is 0 Å². The largest absolute Gasteiger partial charge is 0.493 e. The molecule has 0 fully saturated rings. The van der Waals surface area contributed by atoms with Gasteiger partial charge in [-0.25, -0.2) is 0 Å². The molecule has 1 aromatic rings. The van der Waals surface area contributed by atoms with Crippen molar-refractivity contribution in [1.29, 1.82) is 0 Å². The molecule has 0 spiro atoms. The van der Waals surface area contributed by atoms with E-state index in [0.717, 1.165) is 12.0 Å². The number of alkyl halides is 3. The van der Waals surface area contributed by atoms with Crippen molar-refractivity contribution >= 4 is 0 Å². The molecule has 0 amide bonds. The van der Waals surface area contributed by atoms with E-state index in [9.17, 15) is 18.3 Å². The van der Waals surface area contributed by atoms with Gasteiger partial charge in [0, 0.05) is 18.4 Å². The van der Waals surface area contributed by atoms with E-state index >= 15 is 0 Å². The molecular weight excluding hydrogens is 233 g/mol. The summed E-state index contributed by atoms with van der Waals surface area (Å²) in [4.78, 5) is 0. The van der Waals surface area contributed by atoms with Crippen molar-refractivity contribution in [1.82, 2.24) is 0 Å². The summed E-state index contributed by atoms with van der Waals surface area (Å²) in [6, 6.07) is 5.22. The number of hydrogen-bond acceptors (Lipinski definition) is 2. The smallest absolute Gasteiger partial charge is 0.389 e. The van der Waals surface area contributed by atoms with E-state index in [1.807, 2.05) is 6.07 Å². The monoisotopic (exact) mass is 246 g/mol. The van der Waals surface area contributed by atoms with Crippen molar-refractivity contribution in [2.75, 3.05) is 6.61 Å². The zero-order chi connectivity index (χ0) is 12.5. The molecule has 1 aliphatic heterocycles. The van der Waals surface area contributed by atoms with Gasteiger partial charge in [0.1, 0.15) is 5.75 Å². The summed E-state index contributed by atoms with van der Waals surface area (Å²) in [7, 11) is 0. The van der Waals surface area contributed by atoms with Crippen molar-refractivity contribution in [3.05, 3.63) is 29.3 Å². The first-order chi connectivity index (χ1) is 7.97. The fourth-order valence-electron chi connectivity index (χ4n) is 1.96. The van der Waals surface area contributed by atoms with Gasteiger partial charge in [-0.05, 0) is 12.0 Å². The maximum Gasteiger partial charge on any atom is 0.389 e. The number of para-hydroxylation sites is 1. The number of halogens is 3. The van der Waals surface area contributed by atoms with Gasteiger partial charge in [-0.1, -0.05) is 18.2 Å². The van der Waals surface area contributed by atoms with Crippen LogP contribution in [0.25, 0.3) is 0 Å². The van der Waals surface area contributed by atoms with Gasteiger partial charge < -0.3 is 9.84 Å². The van der Waals surface area contributed by atoms with Crippen molar-refractivity contribution < 1.29 is 23.0 Å². The van der Waals surface area contributed by atoms with E-state index < -0.39 is 18.7 Å². The molecule has 5 heteroatoms. The fourth-order valence-corrected chi connectivity index (χ4v) is 1.96. The molecule has 1 atom stereocenters. The van der Waals surface area contributed by atoms with Crippen molar-refractivity contribution in [2.45, 2.75) is 31.5 Å². The highest BCUT2D eigenvalue weighted by atomic mass is 19.4. The molecule has 0 saturated carbocycles. The lowest BCUT2D eigenvalue weighted by molar-refractivity contribution is -0.140. The van der Waals surface area contributed by atoms with E-state index in [1.54, 1.807) is 12.1 Å². The van der Waals surface area contributed by atoms with Gasteiger partial charge in [-0.15, -0.1) is 0 Å². The maximum atomic E-state index is 12.1. The molecule has 1 heterocycles. The summed E-state index contributed by atoms with van der Waals surface area (Å²) in [5.74, 6) is 0.558. The van der Waals surface area contributed by atoms with E-state index in [-0.39, 0.29) is 6.42 Å². The summed E-state index contributed by atoms with van der Waals surface area (Å²) in [6.45, 7) is 0.526. The van der Waals surface area contributed by atoms with Crippen LogP contribution in [0.1, 0.15) is 30.1 Å². The number of ether oxygens (including phenoxy) is 1. The highest BCUT2D eigenvalue weighted by Gasteiger charge is 2.29. The Morgan fingerprint density at radius 3 is 2.82 bits per heavy atom. The normalized spacial score (nSPS) is 16.5. The van der Waals surface area contributed by atoms with Gasteiger partial charge >= 0.3 is 6.18 Å². The Morgan fingerprint density at radius 1 is 1.35 bits per heavy atom. The number of rotatable bonds is 3. The van der Waals surface area contributed by atoms with Crippen molar-refractivity contribution in [2.24, 2.45) is 0 Å². The van der Waals surface area contributed by atoms with Crippen LogP contribution < -0.4 is 4.74 Å². The second kappa shape index (κ2) is 4.56. The summed E-state index contributed by atoms with van der Waals surface area (Å²) in [5.41, 5.74) is 1.41. The van der Waals surface area contributed by atoms with Crippen LogP contribution in [-0.4, -0.2) is 17.9 Å². The minimum atomic E-state index is -4.24. The Morgan fingerprint density at radius 2 is 2.12 bits per heavy atom. The van der Waals surface area contributed by atoms with Crippen LogP contribution in [-0.2, 0) is 6.42 Å². The number of aliphatic hydroxyl groups is 1. The summed E-state index contributed by atoms with van der Waals surface area (Å²) >= 11 is 0. The maximum absolute atomic E-state index is 12.1. The Kier molecular flexibility index (Phi) is 3.28. The van der Waals surface area contributed by atoms with Crippen LogP contribution in [0, 0.1) is 0 Å². The molecule has 2 nitrogen and oxygen atoms in total. The second-order valence-electron chi connectivity index (χ2n) is 4.10. The van der Waals surface area contributed by atoms with E-state index in [1.165, 1.54) is 0 Å². The minimum Gasteiger partial charge on any atom is -0.493 e. The standard InChI is InChI=1S/C12H13F3O2/c13-12(14,15)6-4-10(16)9-3-1-2-8-5-7-17-11(8)9/h1-3,10,16H,4-7H2. The molecule has 1 N–H and O–H groups in total. The SMILES string of the molecule is OC(CCC(F)(F)F)c1cccc2c1OCC2. The third-order valence-electron chi connectivity index (χ3n) is 2.81. The van der Waals surface area contributed by atoms with Crippen LogP contribution in [0.3, 0.4) is 0 Å². The molecule has 0 aromatic heterocycles. The highest BCUT2D eigenvalue weighted by molar-refractivity contribution is 5.45. The fraction of sp³-hybridized carbons (Fsp3) is 0.500. The van der Waals surface area contributed by atoms with Gasteiger partial charge in [0.05, 0.1) is 12.7 Å². The predicted molar refractivity (Wildman–Crippen MR) is 55.9 cm³/mol. The average Bonchev–Trinajstić information content (AvgIpc) is 2.72. The summed E-state index contributed by atoms with van der Waals surface area (Å²) in [5, 5.41) is 9.77. The molecule has 1 aliphatic rings. The zero-order valence-electron chi connectivity index (χ0n) is 9.13. The van der Waals surface area contributed by atoms with Gasteiger partial charge in [-0.2, -0.15) is 13.2 Å². The van der Waals surface area contributed by atoms with E-state index in [0.29, 0.717) is 17.9 Å². The zero-order valence-corrected chi connectivity index (χ0v) is 9.13. The molecule has 0 bridgehead atoms. The molecule has 0 aliphatic carbocycles. The summed E-state index contributed by atoms with van der Waals surface area (Å²) in [6.07, 6.45) is -5.93. The Labute approximate surface area is 97.0 Å². The second-order valence-corrected chi connectivity index (χ2v) is 4.10. The third kappa shape index (κ3) is 2.91. The first kappa shape index (κ1) is 12.2. The summed E-state index contributed by atoms with van der Waals surface area (Å²) < 4.78 is 41.5. The number of hydrogen-bond donors (Lipinski definition) is 1. The quantitative estimate of drug-likeness (QED) is 0.888. The van der Waals surface area contributed by atoms with Crippen LogP contribution in [0.5, 0.6) is 5.75 Å². The molecular formula is C12H13F3O2. The Bertz CT molecular complexity index is 401. The van der Waals surface area contributed by atoms with Crippen molar-refractivity contribution in [3.63, 3.8) is 0 Å². The minimum absolute atomic E-state index is 0.330. The predicted octanol–water partition coefficient (Wildman–Crippen LogP) is 3.00. The molecule has 1 unspecified atom stereocenters. The van der Waals surface area contributed by atoms with Crippen LogP contribution in [0.2, 0.25) is 0 Å². The Balaban J connectivity index is 2.10. The first-order valence-electron chi connectivity index (χ1n) is 5.47. The molecule has 2 rings (SSSR count). The molecule has 0 saturated heterocycles. The lowest BCUT2D eigenvalue weighted by Crippen LogP contribution is -2.10. The van der Waals surface area contributed by atoms with Gasteiger partial charge in [0.2, 0.25) is 0 Å². The highest BCUT2D eigenvalue weighted by Crippen LogP contribution is 2.36. The van der Waals surface area contributed by atoms with Gasteiger partial charge in [0.15, 0.2) is 0 Å². The first-order valence-corrected chi connectivity index (χ1v) is 5.47. The van der Waals surface area contributed by atoms with Crippen LogP contribution in [0.4, 0.5) is 13.2 Å². The van der Waals surface area contributed by atoms with Crippen LogP contribution in [0.15, 0.2) is 18.2 Å². The van der Waals surface area contributed by atoms with E-state index in [4.69, 9.17) is 4.74 Å². The van der Waals surface area contributed by atoms with E-state index in [2.05, 4.69) is 0 Å². The average molecular weight is 246 g/mol. The number of benzene rings is 1. The lowest BCUT2D eigenvalue weighted by atomic mass is 10.0. The lowest BCUT2D eigenvalue weighted by Gasteiger charge is -2.15. The third-order valence-corrected chi connectivity index (χ3v) is 2.81. The number of aliphatic hydroxyl groups excluding tert-OH is 1. The Hall–Kier alpha value is -1.23. The van der Waals surface area contributed by atoms with Crippen molar-refractivity contribution in [3.8, 4) is 5.75 Å². The number of fused-ring (bicyclic) bond motifs is 1. The molecule has 94 valence electrons. The molecule has 17 heavy (non-hydrogen) atoms. The van der Waals surface area contributed by atoms with Gasteiger partial charge in [-0.3, -0.25) is 0 Å². The topological polar surface area (TPSA) is 29.5 Å². The molecule has 0 radical (unpaired) electrons. The van der Waals surface area contributed by atoms with Gasteiger partial charge in [0.25, 0.3) is 0 Å². The molecule has 1 aromatic carbocycles.